The Morgan fingerprint density at radius 1 is 1.36 bits per heavy atom. The van der Waals surface area contributed by atoms with Crippen LogP contribution in [-0.4, -0.2) is 20.3 Å². The summed E-state index contributed by atoms with van der Waals surface area (Å²) in [6.07, 6.45) is 1.78. The van der Waals surface area contributed by atoms with E-state index < -0.39 is 0 Å². The van der Waals surface area contributed by atoms with Crippen molar-refractivity contribution in [2.24, 2.45) is 0 Å². The molecule has 1 amide bonds. The van der Waals surface area contributed by atoms with E-state index in [0.717, 1.165) is 15.2 Å². The van der Waals surface area contributed by atoms with Crippen molar-refractivity contribution in [3.63, 3.8) is 0 Å². The standard InChI is InChI=1S/C14H9ClN4OS2/c1-7-16-9-3-2-8(6-10(9)22-7)17-13(20)11-12(15)18-14-19(11)4-5-21-14/h2-6H,1H3,(H,17,20). The number of rotatable bonds is 2. The summed E-state index contributed by atoms with van der Waals surface area (Å²) in [4.78, 5) is 21.8. The number of aromatic nitrogens is 3. The van der Waals surface area contributed by atoms with Crippen LogP contribution in [0.15, 0.2) is 29.8 Å². The van der Waals surface area contributed by atoms with Gasteiger partial charge in [0, 0.05) is 17.3 Å². The molecule has 0 aliphatic rings. The van der Waals surface area contributed by atoms with E-state index in [2.05, 4.69) is 15.3 Å². The van der Waals surface area contributed by atoms with Crippen molar-refractivity contribution in [3.05, 3.63) is 45.6 Å². The van der Waals surface area contributed by atoms with Gasteiger partial charge in [-0.2, -0.15) is 0 Å². The molecule has 0 aliphatic heterocycles. The molecule has 1 aromatic carbocycles. The predicted molar refractivity (Wildman–Crippen MR) is 90.4 cm³/mol. The lowest BCUT2D eigenvalue weighted by atomic mass is 10.3. The molecule has 1 N–H and O–H groups in total. The smallest absolute Gasteiger partial charge is 0.275 e. The fraction of sp³-hybridized carbons (Fsp3) is 0.0714. The largest absolute Gasteiger partial charge is 0.321 e. The number of imidazole rings is 1. The van der Waals surface area contributed by atoms with E-state index in [1.807, 2.05) is 30.5 Å². The molecule has 0 atom stereocenters. The van der Waals surface area contributed by atoms with Gasteiger partial charge in [0.1, 0.15) is 0 Å². The third-order valence-corrected chi connectivity index (χ3v) is 5.14. The van der Waals surface area contributed by atoms with Crippen LogP contribution in [0, 0.1) is 6.92 Å². The summed E-state index contributed by atoms with van der Waals surface area (Å²) >= 11 is 9.10. The third-order valence-electron chi connectivity index (χ3n) is 3.19. The van der Waals surface area contributed by atoms with Gasteiger partial charge >= 0.3 is 0 Å². The molecular weight excluding hydrogens is 340 g/mol. The lowest BCUT2D eigenvalue weighted by molar-refractivity contribution is 0.102. The van der Waals surface area contributed by atoms with Gasteiger partial charge in [-0.3, -0.25) is 9.20 Å². The molecule has 0 saturated carbocycles. The highest BCUT2D eigenvalue weighted by Crippen LogP contribution is 2.26. The number of carbonyl (C=O) groups excluding carboxylic acids is 1. The minimum atomic E-state index is -0.281. The number of hydrogen-bond donors (Lipinski definition) is 1. The molecule has 0 fully saturated rings. The molecule has 4 aromatic rings. The van der Waals surface area contributed by atoms with Gasteiger partial charge in [-0.15, -0.1) is 22.7 Å². The predicted octanol–water partition coefficient (Wildman–Crippen LogP) is 4.22. The number of aryl methyl sites for hydroxylation is 1. The highest BCUT2D eigenvalue weighted by Gasteiger charge is 2.19. The first kappa shape index (κ1) is 13.7. The molecule has 0 bridgehead atoms. The summed E-state index contributed by atoms with van der Waals surface area (Å²) in [7, 11) is 0. The van der Waals surface area contributed by atoms with Gasteiger partial charge in [0.05, 0.1) is 15.2 Å². The van der Waals surface area contributed by atoms with Gasteiger partial charge in [-0.05, 0) is 25.1 Å². The van der Waals surface area contributed by atoms with Crippen LogP contribution in [0.5, 0.6) is 0 Å². The first-order valence-electron chi connectivity index (χ1n) is 6.41. The van der Waals surface area contributed by atoms with Crippen LogP contribution in [0.2, 0.25) is 5.15 Å². The molecule has 5 nitrogen and oxygen atoms in total. The quantitative estimate of drug-likeness (QED) is 0.590. The Bertz CT molecular complexity index is 1020. The van der Waals surface area contributed by atoms with E-state index in [1.165, 1.54) is 11.3 Å². The molecule has 22 heavy (non-hydrogen) atoms. The minimum absolute atomic E-state index is 0.207. The number of nitrogens with one attached hydrogen (secondary N) is 1. The molecule has 110 valence electrons. The van der Waals surface area contributed by atoms with Gasteiger partial charge in [-0.25, -0.2) is 9.97 Å². The highest BCUT2D eigenvalue weighted by atomic mass is 35.5. The van der Waals surface area contributed by atoms with Crippen molar-refractivity contribution >= 4 is 61.0 Å². The maximum absolute atomic E-state index is 12.5. The van der Waals surface area contributed by atoms with Crippen LogP contribution in [0.4, 0.5) is 5.69 Å². The molecule has 0 unspecified atom stereocenters. The van der Waals surface area contributed by atoms with E-state index in [4.69, 9.17) is 11.6 Å². The SMILES string of the molecule is Cc1nc2ccc(NC(=O)c3c(Cl)nc4sccn34)cc2s1. The molecule has 0 spiro atoms. The second-order valence-electron chi connectivity index (χ2n) is 4.68. The molecule has 4 rings (SSSR count). The average Bonchev–Trinajstić information content (AvgIpc) is 3.10. The van der Waals surface area contributed by atoms with Crippen LogP contribution in [0.1, 0.15) is 15.5 Å². The number of benzene rings is 1. The van der Waals surface area contributed by atoms with Crippen LogP contribution >= 0.6 is 34.3 Å². The Morgan fingerprint density at radius 3 is 3.09 bits per heavy atom. The van der Waals surface area contributed by atoms with Gasteiger partial charge < -0.3 is 5.32 Å². The molecule has 0 aliphatic carbocycles. The molecule has 8 heteroatoms. The minimum Gasteiger partial charge on any atom is -0.321 e. The van der Waals surface area contributed by atoms with Crippen molar-refractivity contribution < 1.29 is 4.79 Å². The van der Waals surface area contributed by atoms with Crippen molar-refractivity contribution in [1.82, 2.24) is 14.4 Å². The van der Waals surface area contributed by atoms with Crippen LogP contribution in [0.25, 0.3) is 15.2 Å². The fourth-order valence-electron chi connectivity index (χ4n) is 2.27. The molecular formula is C14H9ClN4OS2. The Balaban J connectivity index is 1.70. The monoisotopic (exact) mass is 348 g/mol. The fourth-order valence-corrected chi connectivity index (χ4v) is 4.16. The third kappa shape index (κ3) is 2.18. The summed E-state index contributed by atoms with van der Waals surface area (Å²) in [5.41, 5.74) is 1.99. The van der Waals surface area contributed by atoms with Crippen molar-refractivity contribution in [1.29, 1.82) is 0 Å². The van der Waals surface area contributed by atoms with E-state index in [-0.39, 0.29) is 11.1 Å². The van der Waals surface area contributed by atoms with E-state index >= 15 is 0 Å². The number of fused-ring (bicyclic) bond motifs is 2. The zero-order chi connectivity index (χ0) is 15.3. The second kappa shape index (κ2) is 5.05. The number of halogens is 1. The highest BCUT2D eigenvalue weighted by molar-refractivity contribution is 7.18. The van der Waals surface area contributed by atoms with Crippen LogP contribution < -0.4 is 5.32 Å². The first-order valence-corrected chi connectivity index (χ1v) is 8.49. The number of thiazole rings is 2. The average molecular weight is 349 g/mol. The normalized spacial score (nSPS) is 11.4. The molecule has 3 aromatic heterocycles. The Hall–Kier alpha value is -1.96. The number of anilines is 1. The van der Waals surface area contributed by atoms with E-state index in [9.17, 15) is 4.79 Å². The topological polar surface area (TPSA) is 59.3 Å². The summed E-state index contributed by atoms with van der Waals surface area (Å²) in [6.45, 7) is 1.96. The summed E-state index contributed by atoms with van der Waals surface area (Å²) in [5, 5.41) is 5.94. The van der Waals surface area contributed by atoms with Crippen molar-refractivity contribution in [3.8, 4) is 0 Å². The Morgan fingerprint density at radius 2 is 2.23 bits per heavy atom. The summed E-state index contributed by atoms with van der Waals surface area (Å²) < 4.78 is 2.73. The Kier molecular flexibility index (Phi) is 3.14. The van der Waals surface area contributed by atoms with Crippen LogP contribution in [-0.2, 0) is 0 Å². The first-order chi connectivity index (χ1) is 10.6. The van der Waals surface area contributed by atoms with Gasteiger partial charge in [-0.1, -0.05) is 11.6 Å². The number of hydrogen-bond acceptors (Lipinski definition) is 5. The van der Waals surface area contributed by atoms with Gasteiger partial charge in [0.25, 0.3) is 5.91 Å². The van der Waals surface area contributed by atoms with Crippen molar-refractivity contribution in [2.75, 3.05) is 5.32 Å². The molecule has 0 saturated heterocycles. The van der Waals surface area contributed by atoms with Gasteiger partial charge in [0.15, 0.2) is 15.8 Å². The molecule has 3 heterocycles. The number of carbonyl (C=O) groups is 1. The maximum atomic E-state index is 12.5. The molecule has 0 radical (unpaired) electrons. The van der Waals surface area contributed by atoms with Gasteiger partial charge in [0.2, 0.25) is 0 Å². The zero-order valence-electron chi connectivity index (χ0n) is 11.3. The lowest BCUT2D eigenvalue weighted by Gasteiger charge is -2.04. The summed E-state index contributed by atoms with van der Waals surface area (Å²) in [5.74, 6) is -0.281. The van der Waals surface area contributed by atoms with E-state index in [0.29, 0.717) is 16.3 Å². The zero-order valence-corrected chi connectivity index (χ0v) is 13.7. The second-order valence-corrected chi connectivity index (χ2v) is 7.14. The maximum Gasteiger partial charge on any atom is 0.275 e. The Labute approximate surface area is 138 Å². The summed E-state index contributed by atoms with van der Waals surface area (Å²) in [6, 6.07) is 5.64. The lowest BCUT2D eigenvalue weighted by Crippen LogP contribution is -2.14. The van der Waals surface area contributed by atoms with Crippen molar-refractivity contribution in [2.45, 2.75) is 6.92 Å². The number of nitrogens with zero attached hydrogens (tertiary/aromatic N) is 3. The number of amides is 1. The van der Waals surface area contributed by atoms with E-state index in [1.54, 1.807) is 21.9 Å². The van der Waals surface area contributed by atoms with Crippen LogP contribution in [0.3, 0.4) is 0 Å².